The number of ether oxygens (including phenoxy) is 2. The molecule has 1 heterocycles. The minimum atomic E-state index is -0.233. The number of hydrogen-bond acceptors (Lipinski definition) is 5. The number of benzene rings is 2. The Kier molecular flexibility index (Phi) is 5.89. The third-order valence-electron chi connectivity index (χ3n) is 3.98. The molecule has 3 rings (SSSR count). The van der Waals surface area contributed by atoms with Gasteiger partial charge in [0.15, 0.2) is 0 Å². The zero-order valence-electron chi connectivity index (χ0n) is 15.2. The molecule has 138 valence electrons. The molecule has 27 heavy (non-hydrogen) atoms. The number of aromatic nitrogens is 1. The standard InChI is InChI=1S/C21H21N3O3/c1-26-19-10-16(11-20(12-19)27-2)21(25)24-18-7-5-17(6-8-18)23-14-15-4-3-9-22-13-15/h3-13,23H,14H2,1-2H3,(H,24,25). The smallest absolute Gasteiger partial charge is 0.255 e. The molecule has 1 amide bonds. The molecule has 2 N–H and O–H groups in total. The molecule has 0 radical (unpaired) electrons. The van der Waals surface area contributed by atoms with Crippen molar-refractivity contribution >= 4 is 17.3 Å². The van der Waals surface area contributed by atoms with Crippen LogP contribution < -0.4 is 20.1 Å². The van der Waals surface area contributed by atoms with Crippen molar-refractivity contribution in [1.82, 2.24) is 4.98 Å². The molecule has 0 aliphatic rings. The van der Waals surface area contributed by atoms with Gasteiger partial charge in [-0.1, -0.05) is 6.07 Å². The Labute approximate surface area is 158 Å². The van der Waals surface area contributed by atoms with Gasteiger partial charge in [0.2, 0.25) is 0 Å². The second-order valence-corrected chi connectivity index (χ2v) is 5.85. The summed E-state index contributed by atoms with van der Waals surface area (Å²) in [6.07, 6.45) is 3.57. The number of hydrogen-bond donors (Lipinski definition) is 2. The minimum Gasteiger partial charge on any atom is -0.497 e. The quantitative estimate of drug-likeness (QED) is 0.665. The summed E-state index contributed by atoms with van der Waals surface area (Å²) in [5, 5.41) is 6.19. The van der Waals surface area contributed by atoms with E-state index in [2.05, 4.69) is 15.6 Å². The highest BCUT2D eigenvalue weighted by molar-refractivity contribution is 6.04. The number of methoxy groups -OCH3 is 2. The Balaban J connectivity index is 1.63. The van der Waals surface area contributed by atoms with Crippen LogP contribution in [0.15, 0.2) is 67.0 Å². The van der Waals surface area contributed by atoms with Gasteiger partial charge in [-0.25, -0.2) is 0 Å². The number of amides is 1. The lowest BCUT2D eigenvalue weighted by Crippen LogP contribution is -2.12. The largest absolute Gasteiger partial charge is 0.497 e. The highest BCUT2D eigenvalue weighted by Gasteiger charge is 2.10. The average Bonchev–Trinajstić information content (AvgIpc) is 2.73. The predicted molar refractivity (Wildman–Crippen MR) is 106 cm³/mol. The van der Waals surface area contributed by atoms with Gasteiger partial charge in [-0.2, -0.15) is 0 Å². The second kappa shape index (κ2) is 8.71. The van der Waals surface area contributed by atoms with Crippen LogP contribution in [0.3, 0.4) is 0 Å². The van der Waals surface area contributed by atoms with Gasteiger partial charge >= 0.3 is 0 Å². The van der Waals surface area contributed by atoms with E-state index < -0.39 is 0 Å². The fraction of sp³-hybridized carbons (Fsp3) is 0.143. The number of nitrogens with one attached hydrogen (secondary N) is 2. The van der Waals surface area contributed by atoms with E-state index >= 15 is 0 Å². The van der Waals surface area contributed by atoms with E-state index in [1.807, 2.05) is 42.6 Å². The molecular weight excluding hydrogens is 342 g/mol. The van der Waals surface area contributed by atoms with Gasteiger partial charge in [0, 0.05) is 41.9 Å². The van der Waals surface area contributed by atoms with Crippen molar-refractivity contribution in [1.29, 1.82) is 0 Å². The van der Waals surface area contributed by atoms with Crippen molar-refractivity contribution in [2.24, 2.45) is 0 Å². The molecule has 6 nitrogen and oxygen atoms in total. The predicted octanol–water partition coefficient (Wildman–Crippen LogP) is 3.96. The molecule has 0 aliphatic carbocycles. The van der Waals surface area contributed by atoms with Crippen molar-refractivity contribution in [3.8, 4) is 11.5 Å². The van der Waals surface area contributed by atoms with Crippen LogP contribution in [0.5, 0.6) is 11.5 Å². The molecular formula is C21H21N3O3. The summed E-state index contributed by atoms with van der Waals surface area (Å²) in [6, 6.07) is 16.5. The number of anilines is 2. The lowest BCUT2D eigenvalue weighted by Gasteiger charge is -2.10. The third kappa shape index (κ3) is 4.98. The summed E-state index contributed by atoms with van der Waals surface area (Å²) >= 11 is 0. The van der Waals surface area contributed by atoms with Gasteiger partial charge in [0.1, 0.15) is 11.5 Å². The van der Waals surface area contributed by atoms with Crippen molar-refractivity contribution in [2.45, 2.75) is 6.54 Å². The van der Waals surface area contributed by atoms with E-state index in [0.29, 0.717) is 29.3 Å². The van der Waals surface area contributed by atoms with Crippen molar-refractivity contribution in [2.75, 3.05) is 24.9 Å². The number of carbonyl (C=O) groups is 1. The van der Waals surface area contributed by atoms with Gasteiger partial charge in [0.25, 0.3) is 5.91 Å². The zero-order chi connectivity index (χ0) is 19.1. The Morgan fingerprint density at radius 2 is 1.63 bits per heavy atom. The first kappa shape index (κ1) is 18.3. The molecule has 3 aromatic rings. The molecule has 0 atom stereocenters. The Hall–Kier alpha value is -3.54. The van der Waals surface area contributed by atoms with Gasteiger partial charge < -0.3 is 20.1 Å². The molecule has 0 unspecified atom stereocenters. The van der Waals surface area contributed by atoms with E-state index in [-0.39, 0.29) is 5.91 Å². The van der Waals surface area contributed by atoms with Crippen molar-refractivity contribution < 1.29 is 14.3 Å². The van der Waals surface area contributed by atoms with Crippen LogP contribution in [0.25, 0.3) is 0 Å². The maximum atomic E-state index is 12.5. The van der Waals surface area contributed by atoms with Gasteiger partial charge in [-0.3, -0.25) is 9.78 Å². The first-order chi connectivity index (χ1) is 13.2. The Morgan fingerprint density at radius 1 is 0.963 bits per heavy atom. The first-order valence-electron chi connectivity index (χ1n) is 8.45. The van der Waals surface area contributed by atoms with E-state index in [9.17, 15) is 4.79 Å². The summed E-state index contributed by atoms with van der Waals surface area (Å²) in [5.74, 6) is 0.896. The SMILES string of the molecule is COc1cc(OC)cc(C(=O)Nc2ccc(NCc3cccnc3)cc2)c1. The summed E-state index contributed by atoms with van der Waals surface area (Å²) in [7, 11) is 3.10. The number of carbonyl (C=O) groups excluding carboxylic acids is 1. The van der Waals surface area contributed by atoms with Crippen LogP contribution >= 0.6 is 0 Å². The van der Waals surface area contributed by atoms with Gasteiger partial charge in [-0.15, -0.1) is 0 Å². The number of rotatable bonds is 7. The fourth-order valence-corrected chi connectivity index (χ4v) is 2.52. The normalized spacial score (nSPS) is 10.1. The van der Waals surface area contributed by atoms with Crippen molar-refractivity contribution in [3.05, 3.63) is 78.1 Å². The van der Waals surface area contributed by atoms with Crippen LogP contribution in [-0.4, -0.2) is 25.1 Å². The molecule has 0 fully saturated rings. The number of nitrogens with zero attached hydrogens (tertiary/aromatic N) is 1. The topological polar surface area (TPSA) is 72.5 Å². The van der Waals surface area contributed by atoms with Crippen LogP contribution in [-0.2, 0) is 6.54 Å². The lowest BCUT2D eigenvalue weighted by atomic mass is 10.1. The van der Waals surface area contributed by atoms with E-state index in [1.54, 1.807) is 38.6 Å². The maximum Gasteiger partial charge on any atom is 0.255 e. The molecule has 0 bridgehead atoms. The van der Waals surface area contributed by atoms with Gasteiger partial charge in [-0.05, 0) is 48.0 Å². The van der Waals surface area contributed by atoms with E-state index in [1.165, 1.54) is 0 Å². The Morgan fingerprint density at radius 3 is 2.22 bits per heavy atom. The first-order valence-corrected chi connectivity index (χ1v) is 8.45. The van der Waals surface area contributed by atoms with E-state index in [0.717, 1.165) is 11.3 Å². The summed E-state index contributed by atoms with van der Waals surface area (Å²) < 4.78 is 10.4. The monoisotopic (exact) mass is 363 g/mol. The van der Waals surface area contributed by atoms with Crippen LogP contribution in [0.1, 0.15) is 15.9 Å². The lowest BCUT2D eigenvalue weighted by molar-refractivity contribution is 0.102. The minimum absolute atomic E-state index is 0.233. The van der Waals surface area contributed by atoms with Crippen LogP contribution in [0.4, 0.5) is 11.4 Å². The van der Waals surface area contributed by atoms with E-state index in [4.69, 9.17) is 9.47 Å². The molecule has 0 aliphatic heterocycles. The summed E-state index contributed by atoms with van der Waals surface area (Å²) in [4.78, 5) is 16.6. The van der Waals surface area contributed by atoms with Gasteiger partial charge in [0.05, 0.1) is 14.2 Å². The van der Waals surface area contributed by atoms with Crippen LogP contribution in [0.2, 0.25) is 0 Å². The fourth-order valence-electron chi connectivity index (χ4n) is 2.52. The molecule has 0 spiro atoms. The molecule has 2 aromatic carbocycles. The molecule has 0 saturated heterocycles. The molecule has 1 aromatic heterocycles. The summed E-state index contributed by atoms with van der Waals surface area (Å²) in [6.45, 7) is 0.684. The molecule has 6 heteroatoms. The summed E-state index contributed by atoms with van der Waals surface area (Å²) in [5.41, 5.74) is 3.22. The Bertz CT molecular complexity index is 874. The number of pyridine rings is 1. The highest BCUT2D eigenvalue weighted by atomic mass is 16.5. The molecule has 0 saturated carbocycles. The second-order valence-electron chi connectivity index (χ2n) is 5.85. The third-order valence-corrected chi connectivity index (χ3v) is 3.98. The van der Waals surface area contributed by atoms with Crippen molar-refractivity contribution in [3.63, 3.8) is 0 Å². The maximum absolute atomic E-state index is 12.5. The zero-order valence-corrected chi connectivity index (χ0v) is 15.2. The average molecular weight is 363 g/mol. The highest BCUT2D eigenvalue weighted by Crippen LogP contribution is 2.23. The van der Waals surface area contributed by atoms with Crippen LogP contribution in [0, 0.1) is 0 Å².